The van der Waals surface area contributed by atoms with Gasteiger partial charge in [0.2, 0.25) is 0 Å². The molecule has 1 aromatic heterocycles. The molecule has 0 saturated carbocycles. The van der Waals surface area contributed by atoms with E-state index in [1.54, 1.807) is 0 Å². The van der Waals surface area contributed by atoms with Crippen molar-refractivity contribution >= 4 is 11.5 Å². The largest absolute Gasteiger partial charge is 0.143 e. The number of benzene rings is 1. The van der Waals surface area contributed by atoms with Crippen LogP contribution in [-0.2, 0) is 0 Å². The molecule has 0 atom stereocenters. The third-order valence-corrected chi connectivity index (χ3v) is 2.51. The van der Waals surface area contributed by atoms with E-state index >= 15 is 0 Å². The highest BCUT2D eigenvalue weighted by molar-refractivity contribution is 7.09. The molecule has 1 heterocycles. The van der Waals surface area contributed by atoms with Crippen LogP contribution in [0.2, 0.25) is 0 Å². The molecule has 0 saturated heterocycles. The standard InChI is InChI=1S/C9H7N2S/c1-7-9(12-11-10-7)8-5-3-2-4-6-8/h3-6H,1H3. The fraction of sp³-hybridized carbons (Fsp3) is 0.111. The van der Waals surface area contributed by atoms with Crippen LogP contribution in [0.25, 0.3) is 10.4 Å². The van der Waals surface area contributed by atoms with Crippen LogP contribution in [0.3, 0.4) is 0 Å². The van der Waals surface area contributed by atoms with Gasteiger partial charge in [-0.15, -0.1) is 5.10 Å². The molecule has 0 N–H and O–H groups in total. The molecular weight excluding hydrogens is 168 g/mol. The van der Waals surface area contributed by atoms with Gasteiger partial charge >= 0.3 is 0 Å². The first-order chi connectivity index (χ1) is 5.88. The van der Waals surface area contributed by atoms with Crippen LogP contribution in [0.1, 0.15) is 5.69 Å². The Labute approximate surface area is 75.0 Å². The highest BCUT2D eigenvalue weighted by Crippen LogP contribution is 2.24. The summed E-state index contributed by atoms with van der Waals surface area (Å²) in [5, 5.41) is 3.95. The molecule has 0 aliphatic heterocycles. The van der Waals surface area contributed by atoms with E-state index in [-0.39, 0.29) is 0 Å². The zero-order chi connectivity index (χ0) is 8.39. The summed E-state index contributed by atoms with van der Waals surface area (Å²) in [6, 6.07) is 10.8. The van der Waals surface area contributed by atoms with Crippen LogP contribution >= 0.6 is 11.5 Å². The number of hydrogen-bond donors (Lipinski definition) is 0. The first-order valence-corrected chi connectivity index (χ1v) is 4.41. The molecule has 3 heteroatoms. The Balaban J connectivity index is 2.51. The van der Waals surface area contributed by atoms with Gasteiger partial charge in [-0.2, -0.15) is 0 Å². The van der Waals surface area contributed by atoms with Crippen molar-refractivity contribution in [3.8, 4) is 10.4 Å². The molecule has 0 amide bonds. The maximum atomic E-state index is 3.95. The lowest BCUT2D eigenvalue weighted by molar-refractivity contribution is 1.09. The van der Waals surface area contributed by atoms with Crippen molar-refractivity contribution in [1.29, 1.82) is 0 Å². The Hall–Kier alpha value is -1.22. The molecule has 0 bridgehead atoms. The fourth-order valence-electron chi connectivity index (χ4n) is 1.03. The highest BCUT2D eigenvalue weighted by atomic mass is 32.1. The van der Waals surface area contributed by atoms with Crippen LogP contribution < -0.4 is 0 Å². The molecule has 2 aromatic rings. The molecule has 1 aromatic carbocycles. The van der Waals surface area contributed by atoms with E-state index in [2.05, 4.69) is 15.7 Å². The minimum atomic E-state index is 0.992. The summed E-state index contributed by atoms with van der Waals surface area (Å²) >= 11 is 1.43. The number of hydrogen-bond acceptors (Lipinski definition) is 3. The average Bonchev–Trinajstić information content (AvgIpc) is 2.53. The molecule has 2 rings (SSSR count). The van der Waals surface area contributed by atoms with Crippen molar-refractivity contribution in [2.75, 3.05) is 0 Å². The van der Waals surface area contributed by atoms with Gasteiger partial charge < -0.3 is 0 Å². The number of rotatable bonds is 1. The van der Waals surface area contributed by atoms with E-state index in [0.29, 0.717) is 0 Å². The highest BCUT2D eigenvalue weighted by Gasteiger charge is 2.03. The Kier molecular flexibility index (Phi) is 1.87. The molecule has 2 nitrogen and oxygen atoms in total. The van der Waals surface area contributed by atoms with E-state index in [1.165, 1.54) is 17.1 Å². The summed E-state index contributed by atoms with van der Waals surface area (Å²) < 4.78 is 3.88. The van der Waals surface area contributed by atoms with Gasteiger partial charge in [0.15, 0.2) is 0 Å². The van der Waals surface area contributed by atoms with Crippen molar-refractivity contribution in [1.82, 2.24) is 9.59 Å². The Morgan fingerprint density at radius 1 is 1.33 bits per heavy atom. The monoisotopic (exact) mass is 175 g/mol. The molecule has 12 heavy (non-hydrogen) atoms. The normalized spacial score (nSPS) is 10.1. The van der Waals surface area contributed by atoms with Gasteiger partial charge in [-0.1, -0.05) is 28.8 Å². The van der Waals surface area contributed by atoms with Crippen molar-refractivity contribution in [3.05, 3.63) is 36.0 Å². The van der Waals surface area contributed by atoms with Crippen LogP contribution in [-0.4, -0.2) is 9.59 Å². The minimum Gasteiger partial charge on any atom is -0.143 e. The molecule has 0 aliphatic carbocycles. The van der Waals surface area contributed by atoms with E-state index in [0.717, 1.165) is 10.6 Å². The molecule has 0 fully saturated rings. The summed E-state index contributed by atoms with van der Waals surface area (Å²) in [5.41, 5.74) is 2.16. The van der Waals surface area contributed by atoms with Crippen molar-refractivity contribution in [2.45, 2.75) is 6.92 Å². The van der Waals surface area contributed by atoms with Gasteiger partial charge in [0.05, 0.1) is 10.6 Å². The van der Waals surface area contributed by atoms with E-state index < -0.39 is 0 Å². The van der Waals surface area contributed by atoms with Crippen LogP contribution in [0.5, 0.6) is 0 Å². The smallest absolute Gasteiger partial charge is 0.0803 e. The molecule has 0 spiro atoms. The van der Waals surface area contributed by atoms with Crippen LogP contribution in [0, 0.1) is 13.0 Å². The SMILES string of the molecule is Cc1nnsc1-c1cc[c]cc1. The van der Waals surface area contributed by atoms with Gasteiger partial charge in [-0.25, -0.2) is 0 Å². The second-order valence-electron chi connectivity index (χ2n) is 2.48. The first-order valence-electron chi connectivity index (χ1n) is 3.63. The number of aryl methyl sites for hydroxylation is 1. The van der Waals surface area contributed by atoms with Gasteiger partial charge in [-0.3, -0.25) is 0 Å². The minimum absolute atomic E-state index is 0.992. The lowest BCUT2D eigenvalue weighted by Gasteiger charge is -1.94. The second-order valence-corrected chi connectivity index (χ2v) is 3.23. The van der Waals surface area contributed by atoms with Gasteiger partial charge in [0, 0.05) is 0 Å². The first kappa shape index (κ1) is 7.43. The third kappa shape index (κ3) is 1.23. The van der Waals surface area contributed by atoms with Gasteiger partial charge in [0.25, 0.3) is 0 Å². The van der Waals surface area contributed by atoms with Crippen LogP contribution in [0.4, 0.5) is 0 Å². The molecule has 1 radical (unpaired) electrons. The zero-order valence-corrected chi connectivity index (χ0v) is 7.43. The van der Waals surface area contributed by atoms with Crippen LogP contribution in [0.15, 0.2) is 24.3 Å². The fourth-order valence-corrected chi connectivity index (χ4v) is 1.69. The second kappa shape index (κ2) is 3.03. The van der Waals surface area contributed by atoms with E-state index in [1.807, 2.05) is 31.2 Å². The molecule has 0 aliphatic rings. The predicted octanol–water partition coefficient (Wildman–Crippen LogP) is 2.31. The van der Waals surface area contributed by atoms with Crippen molar-refractivity contribution < 1.29 is 0 Å². The van der Waals surface area contributed by atoms with Crippen molar-refractivity contribution in [3.63, 3.8) is 0 Å². The van der Waals surface area contributed by atoms with E-state index in [9.17, 15) is 0 Å². The lowest BCUT2D eigenvalue weighted by Crippen LogP contribution is -1.76. The maximum absolute atomic E-state index is 3.95. The summed E-state index contributed by atoms with van der Waals surface area (Å²) in [7, 11) is 0. The third-order valence-electron chi connectivity index (χ3n) is 1.63. The number of nitrogens with zero attached hydrogens (tertiary/aromatic N) is 2. The predicted molar refractivity (Wildman–Crippen MR) is 48.9 cm³/mol. The Morgan fingerprint density at radius 2 is 2.08 bits per heavy atom. The molecule has 0 unspecified atom stereocenters. The summed E-state index contributed by atoms with van der Waals surface area (Å²) in [6.45, 7) is 1.97. The summed E-state index contributed by atoms with van der Waals surface area (Å²) in [5.74, 6) is 0. The molecule has 59 valence electrons. The average molecular weight is 175 g/mol. The quantitative estimate of drug-likeness (QED) is 0.664. The molecular formula is C9H7N2S. The topological polar surface area (TPSA) is 25.8 Å². The Bertz CT molecular complexity index is 367. The van der Waals surface area contributed by atoms with Gasteiger partial charge in [-0.05, 0) is 30.1 Å². The maximum Gasteiger partial charge on any atom is 0.0803 e. The summed E-state index contributed by atoms with van der Waals surface area (Å²) in [6.07, 6.45) is 0. The van der Waals surface area contributed by atoms with Gasteiger partial charge in [0.1, 0.15) is 0 Å². The number of aromatic nitrogens is 2. The van der Waals surface area contributed by atoms with Crippen molar-refractivity contribution in [2.24, 2.45) is 0 Å². The van der Waals surface area contributed by atoms with E-state index in [4.69, 9.17) is 0 Å². The lowest BCUT2D eigenvalue weighted by atomic mass is 10.2. The summed E-state index contributed by atoms with van der Waals surface area (Å²) in [4.78, 5) is 1.14. The zero-order valence-electron chi connectivity index (χ0n) is 6.61. The Morgan fingerprint density at radius 3 is 2.67 bits per heavy atom.